The number of benzene rings is 2. The monoisotopic (exact) mass is 511 g/mol. The predicted molar refractivity (Wildman–Crippen MR) is 129 cm³/mol. The molecule has 2 aromatic rings. The topological polar surface area (TPSA) is 109 Å². The number of nitrogens with zero attached hydrogens (tertiary/aromatic N) is 4. The molecule has 37 heavy (non-hydrogen) atoms. The smallest absolute Gasteiger partial charge is 0.418 e. The Morgan fingerprint density at radius 1 is 1.16 bits per heavy atom. The molecule has 11 heteroatoms. The molecule has 0 radical (unpaired) electrons. The molecule has 1 atom stereocenters. The summed E-state index contributed by atoms with van der Waals surface area (Å²) < 4.78 is 31.9. The standard InChI is InChI=1S/C26H27F2N5O4/c27-20-6-5-17(11-21(20)28)23-13-37-25(35)33(23)24(34)30-14-26(36)15-32(16-26)19-7-9-31(10-8-19)22-4-2-1-3-18(22)12-29/h1-6,11,19,23,36H,7-10,13-16H2,(H,30,34)/t23-/m1/s1. The van der Waals surface area contributed by atoms with Crippen LogP contribution in [0.1, 0.15) is 30.0 Å². The minimum Gasteiger partial charge on any atom is -0.446 e. The number of para-hydroxylation sites is 1. The van der Waals surface area contributed by atoms with Crippen LogP contribution in [0.15, 0.2) is 42.5 Å². The Bertz CT molecular complexity index is 1240. The van der Waals surface area contributed by atoms with Crippen LogP contribution in [0.25, 0.3) is 0 Å². The molecule has 3 heterocycles. The van der Waals surface area contributed by atoms with Crippen molar-refractivity contribution in [1.29, 1.82) is 5.26 Å². The van der Waals surface area contributed by atoms with Crippen molar-refractivity contribution in [2.45, 2.75) is 30.5 Å². The number of β-amino-alcohol motifs (C(OH)–C–C–N with tert-alkyl or cyclic N) is 1. The number of halogens is 2. The first-order chi connectivity index (χ1) is 17.8. The van der Waals surface area contributed by atoms with Gasteiger partial charge in [0.2, 0.25) is 0 Å². The number of urea groups is 1. The van der Waals surface area contributed by atoms with Gasteiger partial charge < -0.3 is 20.1 Å². The Kier molecular flexibility index (Phi) is 6.70. The lowest BCUT2D eigenvalue weighted by atomic mass is 9.89. The molecule has 2 aromatic carbocycles. The van der Waals surface area contributed by atoms with Crippen LogP contribution in [0.4, 0.5) is 24.1 Å². The summed E-state index contributed by atoms with van der Waals surface area (Å²) in [6.07, 6.45) is 0.884. The van der Waals surface area contributed by atoms with Crippen LogP contribution in [-0.2, 0) is 4.74 Å². The number of aliphatic hydroxyl groups is 1. The van der Waals surface area contributed by atoms with Crippen LogP contribution < -0.4 is 10.2 Å². The van der Waals surface area contributed by atoms with Crippen molar-refractivity contribution < 1.29 is 28.2 Å². The highest BCUT2D eigenvalue weighted by Crippen LogP contribution is 2.32. The molecule has 0 bridgehead atoms. The van der Waals surface area contributed by atoms with Gasteiger partial charge in [0.15, 0.2) is 11.6 Å². The highest BCUT2D eigenvalue weighted by atomic mass is 19.2. The highest BCUT2D eigenvalue weighted by molar-refractivity contribution is 5.92. The quantitative estimate of drug-likeness (QED) is 0.636. The summed E-state index contributed by atoms with van der Waals surface area (Å²) in [5.74, 6) is -2.11. The van der Waals surface area contributed by atoms with E-state index >= 15 is 0 Å². The number of carbonyl (C=O) groups excluding carboxylic acids is 2. The van der Waals surface area contributed by atoms with Crippen molar-refractivity contribution in [1.82, 2.24) is 15.1 Å². The molecular formula is C26H27F2N5O4. The zero-order valence-electron chi connectivity index (χ0n) is 20.1. The first kappa shape index (κ1) is 24.9. The molecule has 9 nitrogen and oxygen atoms in total. The number of hydrogen-bond donors (Lipinski definition) is 2. The van der Waals surface area contributed by atoms with Gasteiger partial charge in [0.05, 0.1) is 17.8 Å². The second-order valence-electron chi connectivity index (χ2n) is 9.77. The van der Waals surface area contributed by atoms with Gasteiger partial charge >= 0.3 is 12.1 Å². The molecule has 3 saturated heterocycles. The van der Waals surface area contributed by atoms with Crippen molar-refractivity contribution in [3.05, 3.63) is 65.2 Å². The molecule has 0 aromatic heterocycles. The summed E-state index contributed by atoms with van der Waals surface area (Å²) in [6.45, 7) is 2.13. The number of carbonyl (C=O) groups is 2. The zero-order valence-corrected chi connectivity index (χ0v) is 20.1. The largest absolute Gasteiger partial charge is 0.446 e. The van der Waals surface area contributed by atoms with Crippen LogP contribution in [0, 0.1) is 23.0 Å². The average Bonchev–Trinajstić information content (AvgIpc) is 3.28. The number of imide groups is 1. The summed E-state index contributed by atoms with van der Waals surface area (Å²) >= 11 is 0. The van der Waals surface area contributed by atoms with E-state index in [1.807, 2.05) is 24.3 Å². The summed E-state index contributed by atoms with van der Waals surface area (Å²) in [5.41, 5.74) is 0.690. The molecule has 0 saturated carbocycles. The fourth-order valence-corrected chi connectivity index (χ4v) is 5.33. The van der Waals surface area contributed by atoms with Gasteiger partial charge in [-0.1, -0.05) is 18.2 Å². The van der Waals surface area contributed by atoms with Gasteiger partial charge in [-0.15, -0.1) is 0 Å². The third kappa shape index (κ3) is 4.95. The molecule has 194 valence electrons. The number of piperidine rings is 1. The van der Waals surface area contributed by atoms with Crippen LogP contribution in [0.3, 0.4) is 0 Å². The molecule has 3 aliphatic rings. The van der Waals surface area contributed by atoms with Crippen LogP contribution in [0.2, 0.25) is 0 Å². The van der Waals surface area contributed by atoms with Gasteiger partial charge in [0.1, 0.15) is 24.3 Å². The van der Waals surface area contributed by atoms with Gasteiger partial charge in [-0.3, -0.25) is 4.90 Å². The lowest BCUT2D eigenvalue weighted by Gasteiger charge is -2.52. The van der Waals surface area contributed by atoms with Crippen molar-refractivity contribution in [2.24, 2.45) is 0 Å². The van der Waals surface area contributed by atoms with E-state index in [9.17, 15) is 28.7 Å². The fourth-order valence-electron chi connectivity index (χ4n) is 5.33. The van der Waals surface area contributed by atoms with Gasteiger partial charge in [-0.2, -0.15) is 5.26 Å². The predicted octanol–water partition coefficient (Wildman–Crippen LogP) is 2.76. The molecule has 0 spiro atoms. The Hall–Kier alpha value is -3.75. The lowest BCUT2D eigenvalue weighted by Crippen LogP contribution is -2.69. The molecule has 0 aliphatic carbocycles. The molecule has 3 fully saturated rings. The van der Waals surface area contributed by atoms with Gasteiger partial charge in [-0.05, 0) is 42.7 Å². The van der Waals surface area contributed by atoms with E-state index in [0.717, 1.165) is 48.7 Å². The number of nitrogens with one attached hydrogen (secondary N) is 1. The third-order valence-electron chi connectivity index (χ3n) is 7.33. The van der Waals surface area contributed by atoms with E-state index in [1.165, 1.54) is 6.07 Å². The molecule has 2 N–H and O–H groups in total. The number of hydrogen-bond acceptors (Lipinski definition) is 7. The van der Waals surface area contributed by atoms with Crippen molar-refractivity contribution in [3.8, 4) is 6.07 Å². The minimum atomic E-state index is -1.14. The average molecular weight is 512 g/mol. The van der Waals surface area contributed by atoms with Gasteiger partial charge in [0, 0.05) is 32.2 Å². The summed E-state index contributed by atoms with van der Waals surface area (Å²) in [4.78, 5) is 30.2. The Balaban J connectivity index is 1.12. The fraction of sp³-hybridized carbons (Fsp3) is 0.423. The molecular weight excluding hydrogens is 484 g/mol. The molecule has 5 rings (SSSR count). The molecule has 3 aliphatic heterocycles. The number of ether oxygens (including phenoxy) is 1. The maximum atomic E-state index is 13.7. The summed E-state index contributed by atoms with van der Waals surface area (Å²) in [7, 11) is 0. The number of cyclic esters (lactones) is 1. The number of anilines is 1. The van der Waals surface area contributed by atoms with Crippen molar-refractivity contribution in [2.75, 3.05) is 44.2 Å². The second-order valence-corrected chi connectivity index (χ2v) is 9.77. The maximum absolute atomic E-state index is 13.7. The number of amides is 3. The zero-order chi connectivity index (χ0) is 26.2. The van der Waals surface area contributed by atoms with E-state index in [-0.39, 0.29) is 24.8 Å². The first-order valence-electron chi connectivity index (χ1n) is 12.2. The van der Waals surface area contributed by atoms with E-state index in [4.69, 9.17) is 4.74 Å². The second kappa shape index (κ2) is 9.95. The first-order valence-corrected chi connectivity index (χ1v) is 12.2. The number of nitriles is 1. The molecule has 3 amide bonds. The van der Waals surface area contributed by atoms with Crippen LogP contribution >= 0.6 is 0 Å². The van der Waals surface area contributed by atoms with E-state index in [0.29, 0.717) is 18.7 Å². The molecule has 0 unspecified atom stereocenters. The van der Waals surface area contributed by atoms with Gasteiger partial charge in [-0.25, -0.2) is 23.3 Å². The normalized spacial score (nSPS) is 21.8. The van der Waals surface area contributed by atoms with Crippen molar-refractivity contribution >= 4 is 17.8 Å². The van der Waals surface area contributed by atoms with E-state index < -0.39 is 35.4 Å². The summed E-state index contributed by atoms with van der Waals surface area (Å²) in [5, 5.41) is 22.8. The Labute approximate surface area is 212 Å². The number of likely N-dealkylation sites (tertiary alicyclic amines) is 1. The van der Waals surface area contributed by atoms with Crippen molar-refractivity contribution in [3.63, 3.8) is 0 Å². The Morgan fingerprint density at radius 2 is 1.89 bits per heavy atom. The Morgan fingerprint density at radius 3 is 2.59 bits per heavy atom. The van der Waals surface area contributed by atoms with Gasteiger partial charge in [0.25, 0.3) is 0 Å². The number of rotatable bonds is 5. The highest BCUT2D eigenvalue weighted by Gasteiger charge is 2.46. The summed E-state index contributed by atoms with van der Waals surface area (Å²) in [6, 6.07) is 11.6. The van der Waals surface area contributed by atoms with E-state index in [1.54, 1.807) is 0 Å². The lowest BCUT2D eigenvalue weighted by molar-refractivity contribution is -0.114. The minimum absolute atomic E-state index is 0.0645. The van der Waals surface area contributed by atoms with Crippen LogP contribution in [0.5, 0.6) is 0 Å². The maximum Gasteiger partial charge on any atom is 0.418 e. The SMILES string of the molecule is N#Cc1ccccc1N1CCC(N2CC(O)(CNC(=O)N3C(=O)OC[C@@H]3c3ccc(F)c(F)c3)C2)CC1. The van der Waals surface area contributed by atoms with E-state index in [2.05, 4.69) is 21.2 Å². The third-order valence-corrected chi connectivity index (χ3v) is 7.33. The van der Waals surface area contributed by atoms with Crippen LogP contribution in [-0.4, -0.2) is 78.0 Å².